The molecule has 4 aliphatic rings. The van der Waals surface area contributed by atoms with E-state index in [9.17, 15) is 34.8 Å². The predicted octanol–water partition coefficient (Wildman–Crippen LogP) is 2.68. The summed E-state index contributed by atoms with van der Waals surface area (Å²) in [6, 6.07) is -1.05. The molecule has 14 heteroatoms. The smallest absolute Gasteiger partial charge is 0.407 e. The highest BCUT2D eigenvalue weighted by molar-refractivity contribution is 5.77. The quantitative estimate of drug-likeness (QED) is 0.125. The van der Waals surface area contributed by atoms with E-state index in [1.807, 2.05) is 20.8 Å². The standard InChI is InChI=1S/C37H59NO13/c1-12-26-49-25-14-21(16-39)46-17-22-30(42)37(35(9,10)45)15-24(19(4)27(37)29(47-20(5)40)31(50-26)36(22,25)11)48-32(43)28(41)23(13-18(2)3)38-33(44)51-34(6,7)8/h12,18,21-26,28-31,39,41-42,45H,1,13-17H2,2-11H3,(H,38,44)/t21-,22+,23?,24+,25+,26+,28-,29+,30+,31+,36+,37+/m1/s1. The molecule has 0 aromatic heterocycles. The van der Waals surface area contributed by atoms with Crippen molar-refractivity contribution in [3.8, 4) is 0 Å². The van der Waals surface area contributed by atoms with Crippen LogP contribution in [-0.4, -0.2) is 118 Å². The van der Waals surface area contributed by atoms with Crippen LogP contribution in [0.3, 0.4) is 0 Å². The number of carbonyl (C=O) groups is 3. The first-order valence-corrected chi connectivity index (χ1v) is 17.8. The molecule has 0 radical (unpaired) electrons. The highest BCUT2D eigenvalue weighted by Crippen LogP contribution is 2.64. The van der Waals surface area contributed by atoms with Crippen molar-refractivity contribution in [1.29, 1.82) is 0 Å². The Morgan fingerprint density at radius 1 is 1.14 bits per heavy atom. The highest BCUT2D eigenvalue weighted by Gasteiger charge is 2.72. The zero-order valence-electron chi connectivity index (χ0n) is 31.6. The molecule has 0 spiro atoms. The van der Waals surface area contributed by atoms with Crippen LogP contribution in [0.15, 0.2) is 23.8 Å². The fraction of sp³-hybridized carbons (Fsp3) is 0.811. The summed E-state index contributed by atoms with van der Waals surface area (Å²) in [5.41, 5.74) is -4.50. The molecule has 0 bridgehead atoms. The second-order valence-corrected chi connectivity index (χ2v) is 16.7. The van der Waals surface area contributed by atoms with Crippen LogP contribution < -0.4 is 5.32 Å². The Morgan fingerprint density at radius 2 is 1.78 bits per heavy atom. The lowest BCUT2D eigenvalue weighted by atomic mass is 9.59. The van der Waals surface area contributed by atoms with Gasteiger partial charge in [0.05, 0.1) is 48.6 Å². The summed E-state index contributed by atoms with van der Waals surface area (Å²) in [5.74, 6) is -2.53. The van der Waals surface area contributed by atoms with Crippen molar-refractivity contribution >= 4 is 18.0 Å². The summed E-state index contributed by atoms with van der Waals surface area (Å²) in [6.45, 7) is 20.2. The SMILES string of the molecule is C=C[C@H]1O[C@H]2C[C@H](CO)OC[C@H]3[C@H](O)[C@]4(C(C)(C)O)C[C@H](OC(=O)[C@H](O)C(CC(C)C)NC(=O)OC(C)(C)C)C(C)=C4[C@H](OC(C)=O)[C@H](O1)[C@]23C. The molecule has 5 N–H and O–H groups in total. The Labute approximate surface area is 300 Å². The van der Waals surface area contributed by atoms with E-state index in [4.69, 9.17) is 28.4 Å². The third-order valence-electron chi connectivity index (χ3n) is 11.1. The van der Waals surface area contributed by atoms with E-state index in [0.29, 0.717) is 11.1 Å². The molecule has 0 aromatic rings. The fourth-order valence-electron chi connectivity index (χ4n) is 8.68. The van der Waals surface area contributed by atoms with Gasteiger partial charge in [0.15, 0.2) is 18.5 Å². The number of nitrogens with one attached hydrogen (secondary N) is 1. The Bertz CT molecular complexity index is 1350. The maximum absolute atomic E-state index is 13.8. The number of fused-ring (bicyclic) bond motifs is 1. The molecule has 51 heavy (non-hydrogen) atoms. The van der Waals surface area contributed by atoms with Gasteiger partial charge in [-0.2, -0.15) is 0 Å². The second-order valence-electron chi connectivity index (χ2n) is 16.7. The molecule has 12 atom stereocenters. The number of ether oxygens (including phenoxy) is 6. The topological polar surface area (TPSA) is 200 Å². The van der Waals surface area contributed by atoms with Crippen LogP contribution in [0, 0.1) is 22.7 Å². The van der Waals surface area contributed by atoms with Crippen LogP contribution >= 0.6 is 0 Å². The first kappa shape index (κ1) is 41.2. The molecular formula is C37H59NO13. The lowest BCUT2D eigenvalue weighted by Gasteiger charge is -2.53. The normalized spacial score (nSPS) is 36.5. The second kappa shape index (κ2) is 15.0. The number of hydrogen-bond acceptors (Lipinski definition) is 13. The molecule has 4 rings (SSSR count). The van der Waals surface area contributed by atoms with Gasteiger partial charge in [-0.3, -0.25) is 4.79 Å². The van der Waals surface area contributed by atoms with Crippen molar-refractivity contribution in [1.82, 2.24) is 5.32 Å². The van der Waals surface area contributed by atoms with Crippen molar-refractivity contribution < 1.29 is 63.2 Å². The Kier molecular flexibility index (Phi) is 12.1. The van der Waals surface area contributed by atoms with Gasteiger partial charge < -0.3 is 54.2 Å². The summed E-state index contributed by atoms with van der Waals surface area (Å²) in [4.78, 5) is 39.3. The minimum Gasteiger partial charge on any atom is -0.456 e. The van der Waals surface area contributed by atoms with Gasteiger partial charge in [-0.05, 0) is 71.1 Å². The van der Waals surface area contributed by atoms with E-state index in [-0.39, 0.29) is 38.4 Å². The van der Waals surface area contributed by atoms with Crippen LogP contribution in [0.2, 0.25) is 0 Å². The van der Waals surface area contributed by atoms with Crippen molar-refractivity contribution in [2.24, 2.45) is 22.7 Å². The summed E-state index contributed by atoms with van der Waals surface area (Å²) in [6.07, 6.45) is -7.73. The minimum absolute atomic E-state index is 0.0309. The van der Waals surface area contributed by atoms with Crippen LogP contribution in [0.4, 0.5) is 4.79 Å². The Balaban J connectivity index is 1.83. The number of aliphatic hydroxyl groups excluding tert-OH is 3. The molecule has 3 fully saturated rings. The molecule has 2 saturated heterocycles. The van der Waals surface area contributed by atoms with Gasteiger partial charge in [-0.15, -0.1) is 0 Å². The highest BCUT2D eigenvalue weighted by atomic mass is 16.7. The lowest BCUT2D eigenvalue weighted by molar-refractivity contribution is -0.308. The van der Waals surface area contributed by atoms with Gasteiger partial charge in [0.1, 0.15) is 17.8 Å². The molecule has 2 aliphatic heterocycles. The Hall–Kier alpha value is -2.59. The maximum atomic E-state index is 13.8. The van der Waals surface area contributed by atoms with Gasteiger partial charge in [0, 0.05) is 31.1 Å². The van der Waals surface area contributed by atoms with E-state index in [0.717, 1.165) is 0 Å². The zero-order chi connectivity index (χ0) is 38.4. The summed E-state index contributed by atoms with van der Waals surface area (Å²) < 4.78 is 36.4. The van der Waals surface area contributed by atoms with Crippen LogP contribution in [-0.2, 0) is 38.0 Å². The number of carbonyl (C=O) groups excluding carboxylic acids is 3. The fourth-order valence-corrected chi connectivity index (χ4v) is 8.68. The molecular weight excluding hydrogens is 666 g/mol. The minimum atomic E-state index is -1.79. The first-order chi connectivity index (χ1) is 23.5. The van der Waals surface area contributed by atoms with Crippen molar-refractivity contribution in [2.75, 3.05) is 13.2 Å². The van der Waals surface area contributed by atoms with Gasteiger partial charge >= 0.3 is 18.0 Å². The molecule has 1 saturated carbocycles. The van der Waals surface area contributed by atoms with Crippen molar-refractivity contribution in [3.63, 3.8) is 0 Å². The number of hydrogen-bond donors (Lipinski definition) is 5. The average Bonchev–Trinajstić information content (AvgIpc) is 3.17. The number of alkyl carbamates (subject to hydrolysis) is 1. The van der Waals surface area contributed by atoms with Crippen molar-refractivity contribution in [3.05, 3.63) is 23.8 Å². The molecule has 14 nitrogen and oxygen atoms in total. The zero-order valence-corrected chi connectivity index (χ0v) is 31.6. The molecule has 2 aliphatic carbocycles. The summed E-state index contributed by atoms with van der Waals surface area (Å²) in [5, 5.41) is 48.9. The van der Waals surface area contributed by atoms with E-state index in [1.54, 1.807) is 27.7 Å². The monoisotopic (exact) mass is 725 g/mol. The van der Waals surface area contributed by atoms with E-state index >= 15 is 0 Å². The number of rotatable bonds is 10. The molecule has 1 amide bonds. The predicted molar refractivity (Wildman–Crippen MR) is 183 cm³/mol. The van der Waals surface area contributed by atoms with E-state index < -0.39 is 101 Å². The number of esters is 2. The number of amides is 1. The van der Waals surface area contributed by atoms with Gasteiger partial charge in [0.2, 0.25) is 0 Å². The Morgan fingerprint density at radius 3 is 2.31 bits per heavy atom. The molecule has 290 valence electrons. The third-order valence-corrected chi connectivity index (χ3v) is 11.1. The maximum Gasteiger partial charge on any atom is 0.407 e. The van der Waals surface area contributed by atoms with Crippen molar-refractivity contribution in [2.45, 2.75) is 155 Å². The van der Waals surface area contributed by atoms with Crippen LogP contribution in [0.5, 0.6) is 0 Å². The molecule has 0 aromatic carbocycles. The number of aliphatic hydroxyl groups is 4. The van der Waals surface area contributed by atoms with Gasteiger partial charge in [-0.1, -0.05) is 27.4 Å². The summed E-state index contributed by atoms with van der Waals surface area (Å²) in [7, 11) is 0. The van der Waals surface area contributed by atoms with E-state index in [2.05, 4.69) is 11.9 Å². The van der Waals surface area contributed by atoms with E-state index in [1.165, 1.54) is 26.8 Å². The third kappa shape index (κ3) is 7.88. The molecule has 1 unspecified atom stereocenters. The van der Waals surface area contributed by atoms with Crippen LogP contribution in [0.25, 0.3) is 0 Å². The van der Waals surface area contributed by atoms with Gasteiger partial charge in [0.25, 0.3) is 0 Å². The van der Waals surface area contributed by atoms with Crippen LogP contribution in [0.1, 0.15) is 88.5 Å². The largest absolute Gasteiger partial charge is 0.456 e. The average molecular weight is 726 g/mol. The lowest BCUT2D eigenvalue weighted by Crippen LogP contribution is -2.62. The van der Waals surface area contributed by atoms with Gasteiger partial charge in [-0.25, -0.2) is 9.59 Å². The molecule has 2 heterocycles. The first-order valence-electron chi connectivity index (χ1n) is 17.8. The summed E-state index contributed by atoms with van der Waals surface area (Å²) >= 11 is 0.